The molecule has 0 fully saturated rings. The van der Waals surface area contributed by atoms with Crippen molar-refractivity contribution in [1.29, 1.82) is 0 Å². The largest absolute Gasteiger partial charge is 0.497 e. The van der Waals surface area contributed by atoms with Gasteiger partial charge in [-0.2, -0.15) is 0 Å². The van der Waals surface area contributed by atoms with E-state index >= 15 is 0 Å². The van der Waals surface area contributed by atoms with Crippen LogP contribution >= 0.6 is 0 Å². The first-order valence-electron chi connectivity index (χ1n) is 10.3. The van der Waals surface area contributed by atoms with Gasteiger partial charge in [0.1, 0.15) is 11.5 Å². The summed E-state index contributed by atoms with van der Waals surface area (Å²) < 4.78 is 15.9. The maximum atomic E-state index is 11.3. The van der Waals surface area contributed by atoms with E-state index in [0.29, 0.717) is 13.0 Å². The van der Waals surface area contributed by atoms with Gasteiger partial charge in [0.25, 0.3) is 0 Å². The summed E-state index contributed by atoms with van der Waals surface area (Å²) in [5.41, 5.74) is 4.59. The molecule has 0 aliphatic carbocycles. The molecular formula is C25H25N3O4. The zero-order valence-corrected chi connectivity index (χ0v) is 18.3. The van der Waals surface area contributed by atoms with Crippen LogP contribution in [-0.4, -0.2) is 39.0 Å². The van der Waals surface area contributed by atoms with Gasteiger partial charge >= 0.3 is 6.09 Å². The van der Waals surface area contributed by atoms with Gasteiger partial charge in [-0.25, -0.2) is 9.78 Å². The van der Waals surface area contributed by atoms with Crippen molar-refractivity contribution in [3.63, 3.8) is 0 Å². The molecule has 7 nitrogen and oxygen atoms in total. The number of methoxy groups -OCH3 is 2. The molecule has 1 aromatic heterocycles. The molecule has 0 unspecified atom stereocenters. The Hall–Kier alpha value is -4.00. The second kappa shape index (κ2) is 9.43. The monoisotopic (exact) mass is 431 g/mol. The Morgan fingerprint density at radius 2 is 1.56 bits per heavy atom. The number of carbonyl (C=O) groups is 1. The van der Waals surface area contributed by atoms with Crippen LogP contribution in [0.25, 0.3) is 21.8 Å². The molecule has 2 N–H and O–H groups in total. The van der Waals surface area contributed by atoms with Gasteiger partial charge < -0.3 is 24.8 Å². The van der Waals surface area contributed by atoms with Crippen LogP contribution in [0, 0.1) is 0 Å². The second-order valence-corrected chi connectivity index (χ2v) is 7.21. The normalized spacial score (nSPS) is 10.7. The first-order valence-corrected chi connectivity index (χ1v) is 10.3. The fourth-order valence-electron chi connectivity index (χ4n) is 3.58. The van der Waals surface area contributed by atoms with E-state index < -0.39 is 6.09 Å². The van der Waals surface area contributed by atoms with Crippen molar-refractivity contribution in [2.45, 2.75) is 6.42 Å². The molecule has 0 saturated heterocycles. The van der Waals surface area contributed by atoms with Crippen LogP contribution in [0.3, 0.4) is 0 Å². The lowest BCUT2D eigenvalue weighted by molar-refractivity contribution is 0.150. The molecule has 3 aromatic carbocycles. The Labute approximate surface area is 186 Å². The van der Waals surface area contributed by atoms with Crippen molar-refractivity contribution in [1.82, 2.24) is 10.3 Å². The highest BCUT2D eigenvalue weighted by molar-refractivity contribution is 6.09. The lowest BCUT2D eigenvalue weighted by Crippen LogP contribution is -2.20. The summed E-state index contributed by atoms with van der Waals surface area (Å²) in [5.74, 6) is 1.49. The van der Waals surface area contributed by atoms with Crippen molar-refractivity contribution >= 4 is 39.3 Å². The Kier molecular flexibility index (Phi) is 6.26. The number of aromatic nitrogens is 1. The first-order chi connectivity index (χ1) is 15.6. The van der Waals surface area contributed by atoms with Crippen LogP contribution in [0.15, 0.2) is 60.7 Å². The number of hydrogen-bond acceptors (Lipinski definition) is 6. The molecule has 1 heterocycles. The molecule has 0 saturated carbocycles. The highest BCUT2D eigenvalue weighted by Gasteiger charge is 2.12. The number of amides is 1. The summed E-state index contributed by atoms with van der Waals surface area (Å²) >= 11 is 0. The summed E-state index contributed by atoms with van der Waals surface area (Å²) in [6, 6.07) is 19.8. The van der Waals surface area contributed by atoms with Crippen molar-refractivity contribution in [3.8, 4) is 11.5 Å². The lowest BCUT2D eigenvalue weighted by Gasteiger charge is -2.15. The first kappa shape index (κ1) is 21.2. The summed E-state index contributed by atoms with van der Waals surface area (Å²) in [5, 5.41) is 7.99. The molecule has 1 amide bonds. The van der Waals surface area contributed by atoms with Crippen molar-refractivity contribution < 1.29 is 19.0 Å². The van der Waals surface area contributed by atoms with Gasteiger partial charge in [-0.05, 0) is 42.0 Å². The summed E-state index contributed by atoms with van der Waals surface area (Å²) in [6.45, 7) is 0.309. The predicted octanol–water partition coefficient (Wildman–Crippen LogP) is 5.05. The van der Waals surface area contributed by atoms with Gasteiger partial charge in [-0.1, -0.05) is 12.1 Å². The second-order valence-electron chi connectivity index (χ2n) is 7.21. The van der Waals surface area contributed by atoms with Gasteiger partial charge in [0, 0.05) is 42.1 Å². The third kappa shape index (κ3) is 4.51. The Balaban J connectivity index is 1.72. The molecule has 0 spiro atoms. The number of hydrogen-bond donors (Lipinski definition) is 2. The van der Waals surface area contributed by atoms with Crippen molar-refractivity contribution in [3.05, 3.63) is 66.2 Å². The number of nitrogens with zero attached hydrogens (tertiary/aromatic N) is 1. The molecule has 0 aliphatic rings. The average molecular weight is 431 g/mol. The Morgan fingerprint density at radius 1 is 0.906 bits per heavy atom. The summed E-state index contributed by atoms with van der Waals surface area (Å²) in [4.78, 5) is 16.1. The molecule has 0 atom stereocenters. The Bertz CT molecular complexity index is 1210. The SMILES string of the molecule is CNC(=O)OCCc1cccc(Nc2c3ccc(OC)cc3nc3cc(OC)ccc23)c1. The van der Waals surface area contributed by atoms with Gasteiger partial charge in [0.05, 0.1) is 37.5 Å². The molecule has 7 heteroatoms. The predicted molar refractivity (Wildman–Crippen MR) is 126 cm³/mol. The van der Waals surface area contributed by atoms with Crippen LogP contribution < -0.4 is 20.1 Å². The summed E-state index contributed by atoms with van der Waals surface area (Å²) in [6.07, 6.45) is 0.190. The molecule has 0 radical (unpaired) electrons. The number of fused-ring (bicyclic) bond motifs is 2. The molecule has 0 aliphatic heterocycles. The number of pyridine rings is 1. The van der Waals surface area contributed by atoms with Gasteiger partial charge in [-0.3, -0.25) is 0 Å². The fraction of sp³-hybridized carbons (Fsp3) is 0.200. The van der Waals surface area contributed by atoms with Gasteiger partial charge in [0.2, 0.25) is 0 Å². The number of carbonyl (C=O) groups excluding carboxylic acids is 1. The number of anilines is 2. The van der Waals surface area contributed by atoms with E-state index in [-0.39, 0.29) is 0 Å². The molecule has 4 aromatic rings. The minimum absolute atomic E-state index is 0.309. The molecule has 4 rings (SSSR count). The van der Waals surface area contributed by atoms with Crippen LogP contribution in [0.2, 0.25) is 0 Å². The maximum absolute atomic E-state index is 11.3. The van der Waals surface area contributed by atoms with Crippen LogP contribution in [0.1, 0.15) is 5.56 Å². The van der Waals surface area contributed by atoms with Crippen LogP contribution in [-0.2, 0) is 11.2 Å². The van der Waals surface area contributed by atoms with E-state index in [0.717, 1.165) is 50.2 Å². The van der Waals surface area contributed by atoms with E-state index in [1.807, 2.05) is 54.6 Å². The quantitative estimate of drug-likeness (QED) is 0.399. The number of rotatable bonds is 7. The number of ether oxygens (including phenoxy) is 3. The minimum Gasteiger partial charge on any atom is -0.497 e. The maximum Gasteiger partial charge on any atom is 0.406 e. The number of alkyl carbamates (subject to hydrolysis) is 1. The van der Waals surface area contributed by atoms with Crippen LogP contribution in [0.5, 0.6) is 11.5 Å². The standard InChI is InChI=1S/C25H25N3O4/c1-26-25(29)32-12-11-16-5-4-6-17(13-16)27-24-20-9-7-18(30-2)14-22(20)28-23-15-19(31-3)8-10-21(23)24/h4-10,13-15H,11-12H2,1-3H3,(H,26,29)(H,27,28). The van der Waals surface area contributed by atoms with E-state index in [9.17, 15) is 4.79 Å². The van der Waals surface area contributed by atoms with E-state index in [4.69, 9.17) is 19.2 Å². The van der Waals surface area contributed by atoms with E-state index in [2.05, 4.69) is 16.7 Å². The number of nitrogens with one attached hydrogen (secondary N) is 2. The highest BCUT2D eigenvalue weighted by Crippen LogP contribution is 2.36. The molecule has 164 valence electrons. The van der Waals surface area contributed by atoms with Crippen LogP contribution in [0.4, 0.5) is 16.2 Å². The van der Waals surface area contributed by atoms with Crippen molar-refractivity contribution in [2.75, 3.05) is 33.2 Å². The topological polar surface area (TPSA) is 81.7 Å². The zero-order chi connectivity index (χ0) is 22.5. The number of benzene rings is 3. The Morgan fingerprint density at radius 3 is 2.16 bits per heavy atom. The molecular weight excluding hydrogens is 406 g/mol. The average Bonchev–Trinajstić information content (AvgIpc) is 2.83. The molecule has 32 heavy (non-hydrogen) atoms. The molecule has 0 bridgehead atoms. The minimum atomic E-state index is -0.431. The summed E-state index contributed by atoms with van der Waals surface area (Å²) in [7, 11) is 4.83. The smallest absolute Gasteiger partial charge is 0.406 e. The third-order valence-corrected chi connectivity index (χ3v) is 5.21. The fourth-order valence-corrected chi connectivity index (χ4v) is 3.58. The highest BCUT2D eigenvalue weighted by atomic mass is 16.5. The van der Waals surface area contributed by atoms with E-state index in [1.165, 1.54) is 0 Å². The van der Waals surface area contributed by atoms with E-state index in [1.54, 1.807) is 21.3 Å². The third-order valence-electron chi connectivity index (χ3n) is 5.21. The zero-order valence-electron chi connectivity index (χ0n) is 18.3. The lowest BCUT2D eigenvalue weighted by atomic mass is 10.1. The van der Waals surface area contributed by atoms with Crippen molar-refractivity contribution in [2.24, 2.45) is 0 Å². The van der Waals surface area contributed by atoms with Gasteiger partial charge in [-0.15, -0.1) is 0 Å². The van der Waals surface area contributed by atoms with Gasteiger partial charge in [0.15, 0.2) is 0 Å².